The highest BCUT2D eigenvalue weighted by molar-refractivity contribution is 9.10. The zero-order valence-electron chi connectivity index (χ0n) is 11.1. The Kier molecular flexibility index (Phi) is 4.79. The van der Waals surface area contributed by atoms with Crippen LogP contribution in [0.5, 0.6) is 11.5 Å². The van der Waals surface area contributed by atoms with Crippen LogP contribution in [-0.4, -0.2) is 19.2 Å². The average molecular weight is 341 g/mol. The molecule has 1 heterocycles. The third-order valence-corrected chi connectivity index (χ3v) is 3.35. The van der Waals surface area contributed by atoms with E-state index in [-0.39, 0.29) is 5.82 Å². The van der Waals surface area contributed by atoms with E-state index in [1.54, 1.807) is 38.6 Å². The van der Waals surface area contributed by atoms with Gasteiger partial charge in [-0.2, -0.15) is 0 Å². The second kappa shape index (κ2) is 6.56. The van der Waals surface area contributed by atoms with E-state index < -0.39 is 0 Å². The van der Waals surface area contributed by atoms with E-state index in [1.165, 1.54) is 6.07 Å². The average Bonchev–Trinajstić information content (AvgIpc) is 2.47. The van der Waals surface area contributed by atoms with Gasteiger partial charge in [-0.05, 0) is 34.1 Å². The molecule has 0 radical (unpaired) electrons. The van der Waals surface area contributed by atoms with Crippen LogP contribution in [0.2, 0.25) is 0 Å². The molecule has 0 aliphatic rings. The van der Waals surface area contributed by atoms with Crippen LogP contribution in [0.15, 0.2) is 34.9 Å². The Bertz CT molecular complexity index is 608. The largest absolute Gasteiger partial charge is 0.493 e. The molecule has 0 aliphatic carbocycles. The summed E-state index contributed by atoms with van der Waals surface area (Å²) >= 11 is 3.15. The van der Waals surface area contributed by atoms with Crippen molar-refractivity contribution in [3.8, 4) is 11.5 Å². The molecule has 1 aromatic carbocycles. The van der Waals surface area contributed by atoms with Crippen molar-refractivity contribution in [2.45, 2.75) is 6.54 Å². The lowest BCUT2D eigenvalue weighted by Gasteiger charge is -2.13. The zero-order chi connectivity index (χ0) is 14.5. The zero-order valence-corrected chi connectivity index (χ0v) is 12.7. The van der Waals surface area contributed by atoms with Crippen molar-refractivity contribution < 1.29 is 13.9 Å². The third kappa shape index (κ3) is 3.19. The number of nitrogens with one attached hydrogen (secondary N) is 1. The van der Waals surface area contributed by atoms with Gasteiger partial charge in [-0.25, -0.2) is 4.39 Å². The number of pyridine rings is 1. The second-order valence-electron chi connectivity index (χ2n) is 3.98. The fourth-order valence-corrected chi connectivity index (χ4v) is 2.15. The monoisotopic (exact) mass is 340 g/mol. The fraction of sp³-hybridized carbons (Fsp3) is 0.214. The smallest absolute Gasteiger partial charge is 0.184 e. The van der Waals surface area contributed by atoms with Crippen molar-refractivity contribution in [3.05, 3.63) is 46.4 Å². The minimum atomic E-state index is -0.298. The van der Waals surface area contributed by atoms with Crippen LogP contribution in [-0.2, 0) is 6.54 Å². The first kappa shape index (κ1) is 14.6. The number of hydrogen-bond donors (Lipinski definition) is 1. The highest BCUT2D eigenvalue weighted by Crippen LogP contribution is 2.29. The summed E-state index contributed by atoms with van der Waals surface area (Å²) in [5.74, 6) is 0.913. The quantitative estimate of drug-likeness (QED) is 0.902. The van der Waals surface area contributed by atoms with E-state index in [2.05, 4.69) is 26.2 Å². The Morgan fingerprint density at radius 3 is 2.70 bits per heavy atom. The molecule has 0 fully saturated rings. The number of hydrogen-bond acceptors (Lipinski definition) is 4. The van der Waals surface area contributed by atoms with Gasteiger partial charge >= 0.3 is 0 Å². The van der Waals surface area contributed by atoms with Crippen molar-refractivity contribution in [1.82, 2.24) is 4.98 Å². The lowest BCUT2D eigenvalue weighted by Crippen LogP contribution is -2.05. The molecule has 0 unspecified atom stereocenters. The van der Waals surface area contributed by atoms with Crippen LogP contribution >= 0.6 is 15.9 Å². The standard InChI is InChI=1S/C14H14BrFN2O2/c1-19-13-5-6-17-12(14(13)20-2)8-18-9-3-4-11(16)10(15)7-9/h3-7,18H,8H2,1-2H3. The predicted octanol–water partition coefficient (Wildman–Crippen LogP) is 3.61. The lowest BCUT2D eigenvalue weighted by molar-refractivity contribution is 0.350. The molecule has 0 spiro atoms. The molecular formula is C14H14BrFN2O2. The maximum Gasteiger partial charge on any atom is 0.184 e. The number of nitrogens with zero attached hydrogens (tertiary/aromatic N) is 1. The summed E-state index contributed by atoms with van der Waals surface area (Å²) < 4.78 is 24.1. The SMILES string of the molecule is COc1ccnc(CNc2ccc(F)c(Br)c2)c1OC. The van der Waals surface area contributed by atoms with Gasteiger partial charge in [-0.3, -0.25) is 4.98 Å². The van der Waals surface area contributed by atoms with Crippen LogP contribution in [0.25, 0.3) is 0 Å². The Morgan fingerprint density at radius 1 is 1.25 bits per heavy atom. The number of anilines is 1. The van der Waals surface area contributed by atoms with E-state index in [1.807, 2.05) is 0 Å². The normalized spacial score (nSPS) is 10.2. The van der Waals surface area contributed by atoms with Gasteiger partial charge in [-0.15, -0.1) is 0 Å². The molecular weight excluding hydrogens is 327 g/mol. The molecule has 0 amide bonds. The second-order valence-corrected chi connectivity index (χ2v) is 4.83. The number of ether oxygens (including phenoxy) is 2. The first-order valence-electron chi connectivity index (χ1n) is 5.90. The van der Waals surface area contributed by atoms with Crippen molar-refractivity contribution >= 4 is 21.6 Å². The first-order chi connectivity index (χ1) is 9.65. The summed E-state index contributed by atoms with van der Waals surface area (Å²) in [7, 11) is 3.14. The highest BCUT2D eigenvalue weighted by Gasteiger charge is 2.10. The molecule has 0 bridgehead atoms. The Labute approximate surface area is 125 Å². The number of aromatic nitrogens is 1. The topological polar surface area (TPSA) is 43.4 Å². The van der Waals surface area contributed by atoms with Gasteiger partial charge in [0.15, 0.2) is 11.5 Å². The van der Waals surface area contributed by atoms with Gasteiger partial charge in [0, 0.05) is 18.0 Å². The van der Waals surface area contributed by atoms with Crippen LogP contribution in [0.3, 0.4) is 0 Å². The molecule has 0 atom stereocenters. The molecule has 0 saturated carbocycles. The van der Waals surface area contributed by atoms with E-state index in [0.29, 0.717) is 28.2 Å². The van der Waals surface area contributed by atoms with Gasteiger partial charge < -0.3 is 14.8 Å². The van der Waals surface area contributed by atoms with Crippen molar-refractivity contribution in [2.24, 2.45) is 0 Å². The van der Waals surface area contributed by atoms with E-state index in [0.717, 1.165) is 5.69 Å². The van der Waals surface area contributed by atoms with Gasteiger partial charge in [0.05, 0.1) is 25.2 Å². The molecule has 20 heavy (non-hydrogen) atoms. The summed E-state index contributed by atoms with van der Waals surface area (Å²) in [5.41, 5.74) is 1.50. The molecule has 1 aromatic heterocycles. The van der Waals surface area contributed by atoms with Gasteiger partial charge in [0.25, 0.3) is 0 Å². The molecule has 4 nitrogen and oxygen atoms in total. The molecule has 6 heteroatoms. The van der Waals surface area contributed by atoms with Gasteiger partial charge in [0.2, 0.25) is 0 Å². The van der Waals surface area contributed by atoms with Crippen LogP contribution in [0.1, 0.15) is 5.69 Å². The maximum absolute atomic E-state index is 13.2. The first-order valence-corrected chi connectivity index (χ1v) is 6.69. The third-order valence-electron chi connectivity index (χ3n) is 2.75. The van der Waals surface area contributed by atoms with Crippen LogP contribution in [0, 0.1) is 5.82 Å². The Balaban J connectivity index is 2.16. The number of methoxy groups -OCH3 is 2. The predicted molar refractivity (Wildman–Crippen MR) is 78.8 cm³/mol. The molecule has 0 saturated heterocycles. The highest BCUT2D eigenvalue weighted by atomic mass is 79.9. The molecule has 2 rings (SSSR count). The van der Waals surface area contributed by atoms with Gasteiger partial charge in [-0.1, -0.05) is 0 Å². The summed E-state index contributed by atoms with van der Waals surface area (Å²) in [6.45, 7) is 0.443. The van der Waals surface area contributed by atoms with Crippen molar-refractivity contribution in [3.63, 3.8) is 0 Å². The number of halogens is 2. The summed E-state index contributed by atoms with van der Waals surface area (Å²) in [6, 6.07) is 6.45. The number of rotatable bonds is 5. The fourth-order valence-electron chi connectivity index (χ4n) is 1.77. The van der Waals surface area contributed by atoms with E-state index in [9.17, 15) is 4.39 Å². The number of benzene rings is 1. The summed E-state index contributed by atoms with van der Waals surface area (Å²) in [4.78, 5) is 4.26. The van der Waals surface area contributed by atoms with Crippen LogP contribution in [0.4, 0.5) is 10.1 Å². The summed E-state index contributed by atoms with van der Waals surface area (Å²) in [5, 5.41) is 3.16. The van der Waals surface area contributed by atoms with E-state index >= 15 is 0 Å². The lowest BCUT2D eigenvalue weighted by atomic mass is 10.2. The van der Waals surface area contributed by atoms with Crippen LogP contribution < -0.4 is 14.8 Å². The molecule has 0 aliphatic heterocycles. The van der Waals surface area contributed by atoms with Gasteiger partial charge in [0.1, 0.15) is 11.5 Å². The Hall–Kier alpha value is -1.82. The molecule has 1 N–H and O–H groups in total. The van der Waals surface area contributed by atoms with Crippen molar-refractivity contribution in [2.75, 3.05) is 19.5 Å². The Morgan fingerprint density at radius 2 is 2.05 bits per heavy atom. The minimum absolute atomic E-state index is 0.298. The maximum atomic E-state index is 13.2. The van der Waals surface area contributed by atoms with E-state index in [4.69, 9.17) is 9.47 Å². The molecule has 2 aromatic rings. The minimum Gasteiger partial charge on any atom is -0.493 e. The summed E-state index contributed by atoms with van der Waals surface area (Å²) in [6.07, 6.45) is 1.65. The van der Waals surface area contributed by atoms with Crippen molar-refractivity contribution in [1.29, 1.82) is 0 Å². The molecule has 106 valence electrons.